The van der Waals surface area contributed by atoms with Crippen LogP contribution in [0.1, 0.15) is 12.8 Å². The van der Waals surface area contributed by atoms with Crippen molar-refractivity contribution in [1.82, 2.24) is 0 Å². The van der Waals surface area contributed by atoms with Gasteiger partial charge in [0, 0.05) is 6.42 Å². The Morgan fingerprint density at radius 3 is 2.46 bits per heavy atom. The molecule has 0 aliphatic carbocycles. The van der Waals surface area contributed by atoms with Crippen LogP contribution in [-0.2, 0) is 4.79 Å². The first kappa shape index (κ1) is 11.3. The summed E-state index contributed by atoms with van der Waals surface area (Å²) in [6, 6.07) is 0. The number of carbonyl (C=O) groups is 1. The van der Waals surface area contributed by atoms with Crippen LogP contribution in [0.4, 0.5) is 0 Å². The van der Waals surface area contributed by atoms with E-state index in [0.29, 0.717) is 13.0 Å². The second-order valence-corrected chi connectivity index (χ2v) is 2.07. The first-order valence-corrected chi connectivity index (χ1v) is 3.81. The predicted molar refractivity (Wildman–Crippen MR) is 50.6 cm³/mol. The standard InChI is InChI=1S/C10H11NO2/c11-9-7-5-3-1-2-4-6-8-10(12)13/h1,3H,6,8-9,11H2,(H,12,13). The highest BCUT2D eigenvalue weighted by atomic mass is 16.4. The van der Waals surface area contributed by atoms with E-state index >= 15 is 0 Å². The fourth-order valence-electron chi connectivity index (χ4n) is 0.502. The number of carboxylic acids is 1. The fraction of sp³-hybridized carbons (Fsp3) is 0.300. The molecule has 0 amide bonds. The van der Waals surface area contributed by atoms with Crippen molar-refractivity contribution >= 4 is 5.97 Å². The summed E-state index contributed by atoms with van der Waals surface area (Å²) in [6.45, 7) is 0.330. The Balaban J connectivity index is 3.61. The second kappa shape index (κ2) is 8.39. The van der Waals surface area contributed by atoms with Gasteiger partial charge in [-0.2, -0.15) is 0 Å². The third kappa shape index (κ3) is 10.3. The third-order valence-corrected chi connectivity index (χ3v) is 1.02. The van der Waals surface area contributed by atoms with E-state index in [4.69, 9.17) is 10.8 Å². The summed E-state index contributed by atoms with van der Waals surface area (Å²) in [6.07, 6.45) is 3.60. The Morgan fingerprint density at radius 2 is 1.92 bits per heavy atom. The highest BCUT2D eigenvalue weighted by Gasteiger charge is 1.90. The topological polar surface area (TPSA) is 63.3 Å². The molecule has 0 saturated carbocycles. The number of hydrogen-bond acceptors (Lipinski definition) is 2. The summed E-state index contributed by atoms with van der Waals surface area (Å²) < 4.78 is 0. The zero-order valence-electron chi connectivity index (χ0n) is 7.21. The summed E-state index contributed by atoms with van der Waals surface area (Å²) in [4.78, 5) is 10.1. The molecule has 0 aromatic rings. The van der Waals surface area contributed by atoms with Crippen molar-refractivity contribution in [3.05, 3.63) is 12.2 Å². The van der Waals surface area contributed by atoms with Crippen LogP contribution < -0.4 is 5.73 Å². The molecule has 3 heteroatoms. The molecule has 0 radical (unpaired) electrons. The molecule has 0 atom stereocenters. The first-order chi connectivity index (χ1) is 6.27. The molecule has 0 unspecified atom stereocenters. The summed E-state index contributed by atoms with van der Waals surface area (Å²) in [5.41, 5.74) is 5.12. The summed E-state index contributed by atoms with van der Waals surface area (Å²) in [5, 5.41) is 8.26. The molecule has 3 N–H and O–H groups in total. The maximum absolute atomic E-state index is 10.1. The smallest absolute Gasteiger partial charge is 0.304 e. The molecule has 0 heterocycles. The van der Waals surface area contributed by atoms with E-state index in [0.717, 1.165) is 0 Å². The molecule has 0 spiro atoms. The number of hydrogen-bond donors (Lipinski definition) is 2. The maximum Gasteiger partial charge on any atom is 0.304 e. The predicted octanol–water partition coefficient (Wildman–Crippen LogP) is 0.373. The zero-order valence-corrected chi connectivity index (χ0v) is 7.21. The molecule has 0 aliphatic rings. The molecule has 0 rings (SSSR count). The van der Waals surface area contributed by atoms with Gasteiger partial charge in [0.1, 0.15) is 0 Å². The van der Waals surface area contributed by atoms with Gasteiger partial charge in [0.05, 0.1) is 13.0 Å². The SMILES string of the molecule is NCC#CC=CC#CCCC(=O)O. The largest absolute Gasteiger partial charge is 0.481 e. The highest BCUT2D eigenvalue weighted by Crippen LogP contribution is 1.84. The Hall–Kier alpha value is -1.71. The lowest BCUT2D eigenvalue weighted by Crippen LogP contribution is -1.92. The highest BCUT2D eigenvalue weighted by molar-refractivity contribution is 5.67. The van der Waals surface area contributed by atoms with Crippen molar-refractivity contribution in [1.29, 1.82) is 0 Å². The van der Waals surface area contributed by atoms with Gasteiger partial charge in [-0.05, 0) is 12.2 Å². The van der Waals surface area contributed by atoms with Gasteiger partial charge in [0.15, 0.2) is 0 Å². The lowest BCUT2D eigenvalue weighted by atomic mass is 10.3. The lowest BCUT2D eigenvalue weighted by Gasteiger charge is -1.81. The Labute approximate surface area is 77.6 Å². The molecule has 3 nitrogen and oxygen atoms in total. The molecule has 0 bridgehead atoms. The molecule has 0 aliphatic heterocycles. The van der Waals surface area contributed by atoms with Crippen molar-refractivity contribution in [2.45, 2.75) is 12.8 Å². The quantitative estimate of drug-likeness (QED) is 0.599. The van der Waals surface area contributed by atoms with Crippen LogP contribution in [0.5, 0.6) is 0 Å². The second-order valence-electron chi connectivity index (χ2n) is 2.07. The minimum absolute atomic E-state index is 0.0787. The minimum atomic E-state index is -0.832. The zero-order chi connectivity index (χ0) is 9.94. The van der Waals surface area contributed by atoms with Crippen LogP contribution in [-0.4, -0.2) is 17.6 Å². The average molecular weight is 177 g/mol. The average Bonchev–Trinajstić information content (AvgIpc) is 2.09. The van der Waals surface area contributed by atoms with Gasteiger partial charge in [-0.25, -0.2) is 0 Å². The van der Waals surface area contributed by atoms with E-state index in [-0.39, 0.29) is 6.42 Å². The number of rotatable bonds is 2. The van der Waals surface area contributed by atoms with Gasteiger partial charge in [-0.3, -0.25) is 4.79 Å². The Bertz CT molecular complexity index is 296. The summed E-state index contributed by atoms with van der Waals surface area (Å²) >= 11 is 0. The Kier molecular flexibility index (Phi) is 7.28. The summed E-state index contributed by atoms with van der Waals surface area (Å²) in [5.74, 6) is 9.80. The van der Waals surface area contributed by atoms with Crippen LogP contribution in [0.25, 0.3) is 0 Å². The van der Waals surface area contributed by atoms with Crippen LogP contribution in [0.3, 0.4) is 0 Å². The fourth-order valence-corrected chi connectivity index (χ4v) is 0.502. The van der Waals surface area contributed by atoms with Crippen LogP contribution >= 0.6 is 0 Å². The molecule has 0 aromatic carbocycles. The van der Waals surface area contributed by atoms with Gasteiger partial charge < -0.3 is 10.8 Å². The van der Waals surface area contributed by atoms with Crippen molar-refractivity contribution in [2.24, 2.45) is 5.73 Å². The minimum Gasteiger partial charge on any atom is -0.481 e. The maximum atomic E-state index is 10.1. The van der Waals surface area contributed by atoms with Crippen LogP contribution in [0.15, 0.2) is 12.2 Å². The molecular formula is C10H11NO2. The van der Waals surface area contributed by atoms with Gasteiger partial charge in [-0.1, -0.05) is 23.7 Å². The van der Waals surface area contributed by atoms with Gasteiger partial charge in [-0.15, -0.1) is 0 Å². The number of carboxylic acid groups (broad SMARTS) is 1. The lowest BCUT2D eigenvalue weighted by molar-refractivity contribution is -0.136. The Morgan fingerprint density at radius 1 is 1.31 bits per heavy atom. The van der Waals surface area contributed by atoms with Gasteiger partial charge >= 0.3 is 5.97 Å². The van der Waals surface area contributed by atoms with E-state index in [9.17, 15) is 4.79 Å². The molecule has 0 fully saturated rings. The van der Waals surface area contributed by atoms with E-state index in [1.54, 1.807) is 12.2 Å². The van der Waals surface area contributed by atoms with Crippen molar-refractivity contribution in [2.75, 3.05) is 6.54 Å². The van der Waals surface area contributed by atoms with Crippen LogP contribution in [0, 0.1) is 23.7 Å². The number of aliphatic carboxylic acids is 1. The van der Waals surface area contributed by atoms with Crippen molar-refractivity contribution < 1.29 is 9.90 Å². The monoisotopic (exact) mass is 177 g/mol. The van der Waals surface area contributed by atoms with Crippen molar-refractivity contribution in [3.63, 3.8) is 0 Å². The van der Waals surface area contributed by atoms with Gasteiger partial charge in [0.25, 0.3) is 0 Å². The van der Waals surface area contributed by atoms with E-state index in [1.165, 1.54) is 0 Å². The van der Waals surface area contributed by atoms with E-state index < -0.39 is 5.97 Å². The third-order valence-electron chi connectivity index (χ3n) is 1.02. The number of nitrogens with two attached hydrogens (primary N) is 1. The van der Waals surface area contributed by atoms with Gasteiger partial charge in [0.2, 0.25) is 0 Å². The molecule has 13 heavy (non-hydrogen) atoms. The molecule has 0 aromatic heterocycles. The van der Waals surface area contributed by atoms with Crippen molar-refractivity contribution in [3.8, 4) is 23.7 Å². The first-order valence-electron chi connectivity index (χ1n) is 3.81. The molecule has 68 valence electrons. The van der Waals surface area contributed by atoms with E-state index in [2.05, 4.69) is 23.7 Å². The normalized spacial score (nSPS) is 8.38. The molecular weight excluding hydrogens is 166 g/mol. The van der Waals surface area contributed by atoms with E-state index in [1.807, 2.05) is 0 Å². The molecule has 0 saturated heterocycles. The number of allylic oxidation sites excluding steroid dienone is 2. The van der Waals surface area contributed by atoms with Crippen LogP contribution in [0.2, 0.25) is 0 Å². The summed E-state index contributed by atoms with van der Waals surface area (Å²) in [7, 11) is 0.